The van der Waals surface area contributed by atoms with E-state index in [1.54, 1.807) is 0 Å². The lowest BCUT2D eigenvalue weighted by Gasteiger charge is -2.43. The highest BCUT2D eigenvalue weighted by Crippen LogP contribution is 2.32. The number of carbonyl (C=O) groups excluding carboxylic acids is 5. The van der Waals surface area contributed by atoms with Crippen molar-refractivity contribution in [2.45, 2.75) is 83.6 Å². The fourth-order valence-corrected chi connectivity index (χ4v) is 3.72. The summed E-state index contributed by atoms with van der Waals surface area (Å²) in [5, 5.41) is 0. The van der Waals surface area contributed by atoms with Crippen molar-refractivity contribution >= 4 is 29.8 Å². The second-order valence-corrected chi connectivity index (χ2v) is 7.44. The smallest absolute Gasteiger partial charge is 0.339 e. The van der Waals surface area contributed by atoms with Gasteiger partial charge in [-0.05, 0) is 12.8 Å². The Morgan fingerprint density at radius 3 is 1.71 bits per heavy atom. The summed E-state index contributed by atoms with van der Waals surface area (Å²) in [6, 6.07) is 0. The lowest BCUT2D eigenvalue weighted by Crippen LogP contribution is -2.64. The van der Waals surface area contributed by atoms with Crippen LogP contribution in [-0.2, 0) is 52.4 Å². The first-order valence-electron chi connectivity index (χ1n) is 10.1. The average Bonchev–Trinajstić information content (AvgIpc) is 2.71. The van der Waals surface area contributed by atoms with E-state index in [0.29, 0.717) is 12.8 Å². The molecule has 0 radical (unpaired) electrons. The van der Waals surface area contributed by atoms with E-state index in [1.165, 1.54) is 0 Å². The first kappa shape index (κ1) is 24.6. The van der Waals surface area contributed by atoms with E-state index in [1.807, 2.05) is 0 Å². The Labute approximate surface area is 179 Å². The fraction of sp³-hybridized carbons (Fsp3) is 0.750. The van der Waals surface area contributed by atoms with Crippen molar-refractivity contribution in [3.8, 4) is 0 Å². The zero-order valence-corrected chi connectivity index (χ0v) is 18.0. The molecule has 5 atom stereocenters. The largest absolute Gasteiger partial charge is 0.467 e. The van der Waals surface area contributed by atoms with Gasteiger partial charge in [-0.15, -0.1) is 0 Å². The summed E-state index contributed by atoms with van der Waals surface area (Å²) in [5.74, 6) is -4.31. The van der Waals surface area contributed by atoms with E-state index in [9.17, 15) is 24.0 Å². The minimum atomic E-state index is -1.59. The van der Waals surface area contributed by atoms with Gasteiger partial charge >= 0.3 is 29.8 Å². The number of methoxy groups -OCH3 is 1. The van der Waals surface area contributed by atoms with Crippen molar-refractivity contribution in [1.29, 1.82) is 0 Å². The predicted molar refractivity (Wildman–Crippen MR) is 100 cm³/mol. The molecule has 174 valence electrons. The summed E-state index contributed by atoms with van der Waals surface area (Å²) in [4.78, 5) is 60.1. The average molecular weight is 444 g/mol. The Morgan fingerprint density at radius 1 is 0.677 bits per heavy atom. The molecule has 0 aromatic rings. The topological polar surface area (TPSA) is 141 Å². The summed E-state index contributed by atoms with van der Waals surface area (Å²) < 4.78 is 31.3. The van der Waals surface area contributed by atoms with Gasteiger partial charge in [0.25, 0.3) is 0 Å². The number of esters is 5. The molecule has 0 aromatic heterocycles. The lowest BCUT2D eigenvalue weighted by atomic mass is 9.89. The van der Waals surface area contributed by atoms with Gasteiger partial charge in [-0.3, -0.25) is 19.2 Å². The zero-order valence-electron chi connectivity index (χ0n) is 18.0. The molecule has 0 amide bonds. The molecule has 1 saturated heterocycles. The lowest BCUT2D eigenvalue weighted by molar-refractivity contribution is -0.295. The maximum Gasteiger partial charge on any atom is 0.339 e. The monoisotopic (exact) mass is 444 g/mol. The van der Waals surface area contributed by atoms with E-state index < -0.39 is 60.6 Å². The molecule has 2 aliphatic rings. The van der Waals surface area contributed by atoms with Gasteiger partial charge in [-0.2, -0.15) is 0 Å². The van der Waals surface area contributed by atoms with Gasteiger partial charge in [0.1, 0.15) is 0 Å². The summed E-state index contributed by atoms with van der Waals surface area (Å²) in [7, 11) is 1.08. The van der Waals surface area contributed by atoms with Gasteiger partial charge in [0.2, 0.25) is 12.4 Å². The van der Waals surface area contributed by atoms with Gasteiger partial charge in [-0.25, -0.2) is 4.79 Å². The SMILES string of the molecule is COC(=O)C1OC(OC(=O)C2CCCCC2)C(OC(C)=O)C(OC(C)=O)C1OC(C)=O. The van der Waals surface area contributed by atoms with E-state index in [4.69, 9.17) is 28.4 Å². The van der Waals surface area contributed by atoms with Crippen LogP contribution in [0.25, 0.3) is 0 Å². The molecule has 1 saturated carbocycles. The van der Waals surface area contributed by atoms with E-state index in [-0.39, 0.29) is 5.92 Å². The molecule has 0 N–H and O–H groups in total. The third-order valence-electron chi connectivity index (χ3n) is 5.01. The first-order valence-corrected chi connectivity index (χ1v) is 10.1. The van der Waals surface area contributed by atoms with Crippen molar-refractivity contribution in [1.82, 2.24) is 0 Å². The molecule has 1 aliphatic carbocycles. The third-order valence-corrected chi connectivity index (χ3v) is 5.01. The van der Waals surface area contributed by atoms with Gasteiger partial charge in [-0.1, -0.05) is 19.3 Å². The number of ether oxygens (including phenoxy) is 6. The Kier molecular flexibility index (Phi) is 8.78. The summed E-state index contributed by atoms with van der Waals surface area (Å²) >= 11 is 0. The van der Waals surface area contributed by atoms with Gasteiger partial charge in [0.15, 0.2) is 18.3 Å². The number of carbonyl (C=O) groups is 5. The maximum absolute atomic E-state index is 12.7. The van der Waals surface area contributed by atoms with Crippen molar-refractivity contribution in [3.05, 3.63) is 0 Å². The maximum atomic E-state index is 12.7. The number of hydrogen-bond donors (Lipinski definition) is 0. The third kappa shape index (κ3) is 6.65. The molecule has 1 aliphatic heterocycles. The van der Waals surface area contributed by atoms with Crippen molar-refractivity contribution in [3.63, 3.8) is 0 Å². The molecule has 0 bridgehead atoms. The fourth-order valence-electron chi connectivity index (χ4n) is 3.72. The van der Waals surface area contributed by atoms with Crippen LogP contribution in [0.1, 0.15) is 52.9 Å². The van der Waals surface area contributed by atoms with Crippen molar-refractivity contribution in [2.75, 3.05) is 7.11 Å². The Bertz CT molecular complexity index is 697. The minimum absolute atomic E-state index is 0.370. The van der Waals surface area contributed by atoms with Crippen LogP contribution in [0.3, 0.4) is 0 Å². The molecule has 11 heteroatoms. The molecule has 0 aromatic carbocycles. The molecule has 11 nitrogen and oxygen atoms in total. The highest BCUT2D eigenvalue weighted by Gasteiger charge is 2.56. The quantitative estimate of drug-likeness (QED) is 0.424. The second kappa shape index (κ2) is 11.1. The highest BCUT2D eigenvalue weighted by molar-refractivity contribution is 5.77. The number of rotatable bonds is 6. The van der Waals surface area contributed by atoms with Crippen LogP contribution in [0.5, 0.6) is 0 Å². The molecule has 1 heterocycles. The molecular formula is C20H28O11. The van der Waals surface area contributed by atoms with Crippen LogP contribution in [0.4, 0.5) is 0 Å². The van der Waals surface area contributed by atoms with Crippen LogP contribution in [0.15, 0.2) is 0 Å². The van der Waals surface area contributed by atoms with Crippen LogP contribution < -0.4 is 0 Å². The van der Waals surface area contributed by atoms with E-state index in [2.05, 4.69) is 0 Å². The molecule has 5 unspecified atom stereocenters. The second-order valence-electron chi connectivity index (χ2n) is 7.44. The van der Waals surface area contributed by atoms with Gasteiger partial charge < -0.3 is 28.4 Å². The van der Waals surface area contributed by atoms with Crippen LogP contribution in [0.2, 0.25) is 0 Å². The number of hydrogen-bond acceptors (Lipinski definition) is 11. The Balaban J connectivity index is 2.38. The van der Waals surface area contributed by atoms with Gasteiger partial charge in [0.05, 0.1) is 13.0 Å². The molecule has 31 heavy (non-hydrogen) atoms. The minimum Gasteiger partial charge on any atom is -0.467 e. The van der Waals surface area contributed by atoms with Crippen molar-refractivity contribution in [2.24, 2.45) is 5.92 Å². The molecular weight excluding hydrogens is 416 g/mol. The first-order chi connectivity index (χ1) is 14.6. The van der Waals surface area contributed by atoms with Crippen LogP contribution in [-0.4, -0.2) is 67.7 Å². The van der Waals surface area contributed by atoms with Crippen LogP contribution in [0, 0.1) is 5.92 Å². The molecule has 2 rings (SSSR count). The standard InChI is InChI=1S/C20H28O11/c1-10(21)27-14-15(28-11(2)22)17(29-12(3)23)20(30-16(14)19(25)26-4)31-18(24)13-8-6-5-7-9-13/h13-17,20H,5-9H2,1-4H3. The molecule has 2 fully saturated rings. The van der Waals surface area contributed by atoms with E-state index >= 15 is 0 Å². The highest BCUT2D eigenvalue weighted by atomic mass is 16.7. The Hall–Kier alpha value is -2.69. The van der Waals surface area contributed by atoms with Crippen molar-refractivity contribution < 1.29 is 52.4 Å². The molecule has 0 spiro atoms. The normalized spacial score (nSPS) is 28.7. The zero-order chi connectivity index (χ0) is 23.1. The predicted octanol–water partition coefficient (Wildman–Crippen LogP) is 0.803. The van der Waals surface area contributed by atoms with Gasteiger partial charge in [0, 0.05) is 20.8 Å². The summed E-state index contributed by atoms with van der Waals surface area (Å²) in [5.41, 5.74) is 0. The van der Waals surface area contributed by atoms with Crippen LogP contribution >= 0.6 is 0 Å². The summed E-state index contributed by atoms with van der Waals surface area (Å²) in [6.45, 7) is 3.26. The summed E-state index contributed by atoms with van der Waals surface area (Å²) in [6.07, 6.45) is -3.60. The van der Waals surface area contributed by atoms with E-state index in [0.717, 1.165) is 47.1 Å². The Morgan fingerprint density at radius 2 is 1.19 bits per heavy atom.